The van der Waals surface area contributed by atoms with Gasteiger partial charge in [-0.1, -0.05) is 30.0 Å². The Hall–Kier alpha value is -4.45. The molecule has 0 spiro atoms. The van der Waals surface area contributed by atoms with Crippen LogP contribution in [0.2, 0.25) is 0 Å². The third-order valence-corrected chi connectivity index (χ3v) is 4.34. The van der Waals surface area contributed by atoms with Crippen molar-refractivity contribution >= 4 is 23.6 Å². The number of nitrogens with one attached hydrogen (secondary N) is 2. The molecule has 0 unspecified atom stereocenters. The largest absolute Gasteiger partial charge is 0.512 e. The fourth-order valence-electron chi connectivity index (χ4n) is 3.04. The van der Waals surface area contributed by atoms with Gasteiger partial charge in [0.25, 0.3) is 11.8 Å². The van der Waals surface area contributed by atoms with Gasteiger partial charge in [-0.3, -0.25) is 29.8 Å². The Kier molecular flexibility index (Phi) is 6.98. The molecular formula is C23H18N2O7. The Morgan fingerprint density at radius 2 is 1.69 bits per heavy atom. The Labute approximate surface area is 182 Å². The monoisotopic (exact) mass is 434 g/mol. The first-order valence-corrected chi connectivity index (χ1v) is 9.59. The van der Waals surface area contributed by atoms with Gasteiger partial charge in [-0.15, -0.1) is 0 Å². The Morgan fingerprint density at radius 1 is 0.969 bits per heavy atom. The first-order chi connectivity index (χ1) is 15.3. The van der Waals surface area contributed by atoms with Gasteiger partial charge in [0.1, 0.15) is 11.5 Å². The number of rotatable bonds is 2. The number of hydrogen-bond acceptors (Lipinski definition) is 7. The maximum absolute atomic E-state index is 12.0. The maximum atomic E-state index is 12.0. The number of imide groups is 2. The van der Waals surface area contributed by atoms with Crippen molar-refractivity contribution in [1.82, 2.24) is 10.6 Å². The van der Waals surface area contributed by atoms with Crippen LogP contribution in [0.15, 0.2) is 57.4 Å². The molecule has 0 saturated heterocycles. The zero-order valence-electron chi connectivity index (χ0n) is 16.8. The van der Waals surface area contributed by atoms with Crippen molar-refractivity contribution in [1.29, 1.82) is 0 Å². The number of aliphatic hydroxyl groups excluding tert-OH is 1. The Balaban J connectivity index is 0.000000269. The van der Waals surface area contributed by atoms with Crippen LogP contribution in [-0.2, 0) is 27.2 Å². The van der Waals surface area contributed by atoms with E-state index >= 15 is 0 Å². The summed E-state index contributed by atoms with van der Waals surface area (Å²) in [5.74, 6) is 4.00. The number of hydrogen-bond donors (Lipinski definition) is 3. The average Bonchev–Trinajstić information content (AvgIpc) is 2.70. The molecule has 4 amide bonds. The van der Waals surface area contributed by atoms with E-state index < -0.39 is 29.3 Å². The zero-order valence-corrected chi connectivity index (χ0v) is 16.8. The molecule has 32 heavy (non-hydrogen) atoms. The van der Waals surface area contributed by atoms with Crippen LogP contribution in [0.25, 0.3) is 0 Å². The van der Waals surface area contributed by atoms with Crippen LogP contribution >= 0.6 is 0 Å². The minimum Gasteiger partial charge on any atom is -0.512 e. The van der Waals surface area contributed by atoms with Crippen LogP contribution in [0.3, 0.4) is 0 Å². The lowest BCUT2D eigenvalue weighted by Crippen LogP contribution is -2.38. The van der Waals surface area contributed by atoms with Crippen molar-refractivity contribution in [2.75, 3.05) is 0 Å². The molecule has 9 nitrogen and oxygen atoms in total. The number of carbonyl (C=O) groups is 4. The van der Waals surface area contributed by atoms with E-state index in [0.717, 1.165) is 11.6 Å². The second-order valence-electron chi connectivity index (χ2n) is 6.84. The van der Waals surface area contributed by atoms with Crippen molar-refractivity contribution in [2.24, 2.45) is 0 Å². The molecule has 162 valence electrons. The summed E-state index contributed by atoms with van der Waals surface area (Å²) in [5, 5.41) is 12.9. The van der Waals surface area contributed by atoms with E-state index in [1.165, 1.54) is 6.07 Å². The van der Waals surface area contributed by atoms with E-state index in [0.29, 0.717) is 18.4 Å². The molecule has 0 atom stereocenters. The van der Waals surface area contributed by atoms with E-state index in [1.54, 1.807) is 0 Å². The predicted molar refractivity (Wildman–Crippen MR) is 111 cm³/mol. The third-order valence-electron chi connectivity index (χ3n) is 4.34. The second kappa shape index (κ2) is 10.0. The average molecular weight is 434 g/mol. The number of carbonyl (C=O) groups excluding carboxylic acids is 4. The lowest BCUT2D eigenvalue weighted by Gasteiger charge is -2.16. The van der Waals surface area contributed by atoms with Gasteiger partial charge >= 0.3 is 5.63 Å². The topological polar surface area (TPSA) is 143 Å². The first-order valence-electron chi connectivity index (χ1n) is 9.59. The van der Waals surface area contributed by atoms with Crippen molar-refractivity contribution in [2.45, 2.75) is 25.7 Å². The lowest BCUT2D eigenvalue weighted by atomic mass is 9.98. The Morgan fingerprint density at radius 3 is 2.38 bits per heavy atom. The lowest BCUT2D eigenvalue weighted by molar-refractivity contribution is -0.129. The number of amides is 4. The molecule has 2 aliphatic rings. The molecule has 0 bridgehead atoms. The minimum atomic E-state index is -0.558. The van der Waals surface area contributed by atoms with E-state index in [1.807, 2.05) is 35.6 Å². The molecule has 0 radical (unpaired) electrons. The summed E-state index contributed by atoms with van der Waals surface area (Å²) >= 11 is 0. The highest BCUT2D eigenvalue weighted by molar-refractivity contribution is 6.09. The van der Waals surface area contributed by atoms with Crippen molar-refractivity contribution in [3.8, 4) is 11.8 Å². The van der Waals surface area contributed by atoms with E-state index in [4.69, 9.17) is 9.52 Å². The van der Waals surface area contributed by atoms with Crippen LogP contribution in [0.4, 0.5) is 0 Å². The predicted octanol–water partition coefficient (Wildman–Crippen LogP) is 0.911. The van der Waals surface area contributed by atoms with E-state index in [2.05, 4.69) is 17.2 Å². The third kappa shape index (κ3) is 6.03. The molecule has 2 aromatic rings. The van der Waals surface area contributed by atoms with Gasteiger partial charge in [0.15, 0.2) is 0 Å². The van der Waals surface area contributed by atoms with Crippen LogP contribution in [-0.4, -0.2) is 28.7 Å². The highest BCUT2D eigenvalue weighted by Crippen LogP contribution is 2.18. The number of benzene rings is 1. The van der Waals surface area contributed by atoms with Crippen LogP contribution in [0.1, 0.15) is 40.1 Å². The number of aliphatic hydroxyl groups is 1. The van der Waals surface area contributed by atoms with Crippen molar-refractivity contribution in [3.05, 3.63) is 81.1 Å². The summed E-state index contributed by atoms with van der Waals surface area (Å²) < 4.78 is 4.98. The second-order valence-corrected chi connectivity index (χ2v) is 6.84. The standard InChI is InChI=1S/C18H13NO4.C5H5NO3/c20-15-11-14-17(18(22)19-15)13(10-16(21)23-14)9-5-4-8-12-6-2-1-3-7-12;7-3-1-4(8)6-5(9)2-3/h1-3,6-7,10H,5,9,11H2,(H,19,20,22);1,7H,2H2,(H,6,8,9). The van der Waals surface area contributed by atoms with E-state index in [-0.39, 0.29) is 29.9 Å². The van der Waals surface area contributed by atoms with Gasteiger partial charge in [-0.05, 0) is 24.1 Å². The van der Waals surface area contributed by atoms with Gasteiger partial charge in [0.05, 0.1) is 18.4 Å². The molecule has 4 rings (SSSR count). The Bertz CT molecular complexity index is 1230. The summed E-state index contributed by atoms with van der Waals surface area (Å²) in [7, 11) is 0. The quantitative estimate of drug-likeness (QED) is 0.471. The summed E-state index contributed by atoms with van der Waals surface area (Å²) in [6.07, 6.45) is 1.73. The van der Waals surface area contributed by atoms with Gasteiger partial charge in [-0.2, -0.15) is 0 Å². The molecule has 1 aromatic carbocycles. The van der Waals surface area contributed by atoms with Crippen LogP contribution in [0.5, 0.6) is 0 Å². The van der Waals surface area contributed by atoms with Gasteiger partial charge in [0, 0.05) is 24.1 Å². The summed E-state index contributed by atoms with van der Waals surface area (Å²) in [6.45, 7) is 0. The highest BCUT2D eigenvalue weighted by Gasteiger charge is 2.27. The van der Waals surface area contributed by atoms with Crippen molar-refractivity contribution in [3.63, 3.8) is 0 Å². The molecule has 3 N–H and O–H groups in total. The van der Waals surface area contributed by atoms with Crippen LogP contribution < -0.4 is 16.3 Å². The minimum absolute atomic E-state index is 0.0915. The summed E-state index contributed by atoms with van der Waals surface area (Å²) in [4.78, 5) is 55.6. The molecule has 0 fully saturated rings. The zero-order chi connectivity index (χ0) is 23.1. The fraction of sp³-hybridized carbons (Fsp3) is 0.174. The fourth-order valence-corrected chi connectivity index (χ4v) is 3.04. The van der Waals surface area contributed by atoms with Gasteiger partial charge < -0.3 is 9.52 Å². The number of aryl methyl sites for hydroxylation is 1. The molecule has 3 heterocycles. The molecule has 2 aliphatic heterocycles. The number of fused-ring (bicyclic) bond motifs is 1. The highest BCUT2D eigenvalue weighted by atomic mass is 16.4. The van der Waals surface area contributed by atoms with Gasteiger partial charge in [-0.25, -0.2) is 4.79 Å². The molecule has 1 aromatic heterocycles. The first kappa shape index (κ1) is 22.2. The molecular weight excluding hydrogens is 416 g/mol. The van der Waals surface area contributed by atoms with Crippen LogP contribution in [0, 0.1) is 11.8 Å². The molecule has 0 saturated carbocycles. The smallest absolute Gasteiger partial charge is 0.336 e. The van der Waals surface area contributed by atoms with Gasteiger partial charge in [0.2, 0.25) is 11.8 Å². The summed E-state index contributed by atoms with van der Waals surface area (Å²) in [5.41, 5.74) is 1.19. The maximum Gasteiger partial charge on any atom is 0.336 e. The summed E-state index contributed by atoms with van der Waals surface area (Å²) in [6, 6.07) is 10.8. The normalized spacial score (nSPS) is 14.6. The molecule has 0 aliphatic carbocycles. The van der Waals surface area contributed by atoms with Crippen molar-refractivity contribution < 1.29 is 28.7 Å². The SMILES string of the molecule is O=C1C=C(O)CC(=O)N1.O=C1Cc2oc(=O)cc(CCC#Cc3ccccc3)c2C(=O)N1. The van der Waals surface area contributed by atoms with E-state index in [9.17, 15) is 24.0 Å². The molecule has 9 heteroatoms.